The fourth-order valence-corrected chi connectivity index (χ4v) is 0. The monoisotopic (exact) mass is 202 g/mol. The maximum absolute atomic E-state index is 8.63. The fraction of sp³-hybridized carbons (Fsp3) is 0. The van der Waals surface area contributed by atoms with Crippen LogP contribution in [0.5, 0.6) is 0 Å². The van der Waals surface area contributed by atoms with Gasteiger partial charge >= 0.3 is 38.2 Å². The first-order valence-electron chi connectivity index (χ1n) is 1.28. The van der Waals surface area contributed by atoms with E-state index >= 15 is 0 Å². The van der Waals surface area contributed by atoms with Crippen molar-refractivity contribution < 1.29 is 61.8 Å². The second kappa shape index (κ2) is 8.28. The van der Waals surface area contributed by atoms with E-state index in [1.54, 1.807) is 0 Å². The molecule has 0 aromatic rings. The van der Waals surface area contributed by atoms with Crippen LogP contribution in [0.4, 0.5) is 0 Å². The van der Waals surface area contributed by atoms with Gasteiger partial charge in [-0.25, -0.2) is 8.42 Å². The summed E-state index contributed by atoms with van der Waals surface area (Å²) in [5.41, 5.74) is 0. The summed E-state index contributed by atoms with van der Waals surface area (Å²) in [6.07, 6.45) is 0. The molecule has 0 spiro atoms. The zero-order valence-corrected chi connectivity index (χ0v) is 8.58. The predicted molar refractivity (Wildman–Crippen MR) is 25.9 cm³/mol. The van der Waals surface area contributed by atoms with Gasteiger partial charge in [0.25, 0.3) is 0 Å². The second-order valence-electron chi connectivity index (χ2n) is 0.696. The Labute approximate surface area is 80.6 Å². The molecule has 0 bridgehead atoms. The molecule has 0 saturated carbocycles. The minimum atomic E-state index is -4.92. The molecular weight excluding hydrogens is 198 g/mol. The SMILES string of the molecule is O=S(=O)([O-])O.OP(O)O.[Na+]. The number of hydrogen-bond donors (Lipinski definition) is 4. The Balaban J connectivity index is -0.0000000910. The van der Waals surface area contributed by atoms with E-state index in [9.17, 15) is 0 Å². The van der Waals surface area contributed by atoms with Crippen molar-refractivity contribution in [3.63, 3.8) is 0 Å². The molecule has 0 amide bonds. The zero-order chi connectivity index (χ0) is 8.08. The Kier molecular flexibility index (Phi) is 14.3. The van der Waals surface area contributed by atoms with Crippen molar-refractivity contribution in [1.29, 1.82) is 0 Å². The van der Waals surface area contributed by atoms with Crippen molar-refractivity contribution in [2.24, 2.45) is 0 Å². The van der Waals surface area contributed by atoms with E-state index in [0.717, 1.165) is 0 Å². The maximum atomic E-state index is 8.63. The van der Waals surface area contributed by atoms with Crippen LogP contribution in [0, 0.1) is 0 Å². The Morgan fingerprint density at radius 3 is 1.20 bits per heavy atom. The van der Waals surface area contributed by atoms with Gasteiger partial charge in [0.05, 0.1) is 0 Å². The molecule has 0 radical (unpaired) electrons. The van der Waals surface area contributed by atoms with Crippen LogP contribution in [0.3, 0.4) is 0 Å². The Morgan fingerprint density at radius 2 is 1.20 bits per heavy atom. The quantitative estimate of drug-likeness (QED) is 0.134. The third kappa shape index (κ3) is 441. The van der Waals surface area contributed by atoms with E-state index in [0.29, 0.717) is 0 Å². The van der Waals surface area contributed by atoms with E-state index in [4.69, 9.17) is 32.2 Å². The minimum absolute atomic E-state index is 0. The minimum Gasteiger partial charge on any atom is -0.726 e. The summed E-state index contributed by atoms with van der Waals surface area (Å²) in [6.45, 7) is 0. The van der Waals surface area contributed by atoms with E-state index in [1.807, 2.05) is 0 Å². The van der Waals surface area contributed by atoms with Crippen LogP contribution in [0.1, 0.15) is 0 Å². The first kappa shape index (κ1) is 17.3. The fourth-order valence-electron chi connectivity index (χ4n) is 0. The van der Waals surface area contributed by atoms with Crippen LogP contribution in [0.2, 0.25) is 0 Å². The molecule has 7 nitrogen and oxygen atoms in total. The van der Waals surface area contributed by atoms with Crippen molar-refractivity contribution in [2.75, 3.05) is 0 Å². The summed E-state index contributed by atoms with van der Waals surface area (Å²) >= 11 is 0. The Morgan fingerprint density at radius 1 is 1.20 bits per heavy atom. The van der Waals surface area contributed by atoms with Crippen molar-refractivity contribution in [2.45, 2.75) is 0 Å². The van der Waals surface area contributed by atoms with Crippen LogP contribution in [-0.4, -0.2) is 32.2 Å². The van der Waals surface area contributed by atoms with Crippen LogP contribution in [-0.2, 0) is 10.4 Å². The molecule has 0 fully saturated rings. The molecule has 0 aromatic carbocycles. The first-order chi connectivity index (χ1) is 3.73. The number of hydrogen-bond acceptors (Lipinski definition) is 6. The standard InChI is InChI=1S/Na.H2O4S.H3O3P/c;1-5(2,3)4;1-4(2)3/h;(H2,1,2,3,4);1-3H/q+1;;/p-1. The molecule has 0 aliphatic rings. The summed E-state index contributed by atoms with van der Waals surface area (Å²) in [5.74, 6) is 0. The third-order valence-electron chi connectivity index (χ3n) is 0. The van der Waals surface area contributed by atoms with E-state index in [1.165, 1.54) is 0 Å². The topological polar surface area (TPSA) is 138 Å². The van der Waals surface area contributed by atoms with Gasteiger partial charge in [-0.05, 0) is 0 Å². The predicted octanol–water partition coefficient (Wildman–Crippen LogP) is -4.80. The maximum Gasteiger partial charge on any atom is 1.00 e. The molecule has 0 saturated heterocycles. The first-order valence-corrected chi connectivity index (χ1v) is 3.85. The molecule has 0 aromatic heterocycles. The summed E-state index contributed by atoms with van der Waals surface area (Å²) in [7, 11) is -7.54. The number of rotatable bonds is 0. The molecule has 4 N–H and O–H groups in total. The van der Waals surface area contributed by atoms with Gasteiger partial charge in [0.1, 0.15) is 0 Å². The van der Waals surface area contributed by atoms with Gasteiger partial charge in [-0.2, -0.15) is 0 Å². The van der Waals surface area contributed by atoms with E-state index in [2.05, 4.69) is 0 Å². The normalized spacial score (nSPS) is 9.40. The van der Waals surface area contributed by atoms with Gasteiger partial charge in [0.2, 0.25) is 10.4 Å². The molecule has 0 unspecified atom stereocenters. The molecular formula is H4NaO7PS. The molecule has 10 heteroatoms. The molecule has 0 aliphatic carbocycles. The van der Waals surface area contributed by atoms with Gasteiger partial charge in [-0.1, -0.05) is 0 Å². The van der Waals surface area contributed by atoms with Crippen molar-refractivity contribution in [3.05, 3.63) is 0 Å². The van der Waals surface area contributed by atoms with Gasteiger partial charge in [0, 0.05) is 0 Å². The molecule has 0 heterocycles. The van der Waals surface area contributed by atoms with Gasteiger partial charge in [-0.3, -0.25) is 4.55 Å². The van der Waals surface area contributed by atoms with Gasteiger partial charge < -0.3 is 19.2 Å². The van der Waals surface area contributed by atoms with Crippen molar-refractivity contribution >= 4 is 19.0 Å². The van der Waals surface area contributed by atoms with Gasteiger partial charge in [0.15, 0.2) is 0 Å². The molecule has 58 valence electrons. The average molecular weight is 202 g/mol. The van der Waals surface area contributed by atoms with Crippen molar-refractivity contribution in [3.8, 4) is 0 Å². The summed E-state index contributed by atoms with van der Waals surface area (Å²) in [4.78, 5) is 21.7. The van der Waals surface area contributed by atoms with Crippen LogP contribution >= 0.6 is 8.60 Å². The Bertz CT molecular complexity index is 125. The van der Waals surface area contributed by atoms with Crippen LogP contribution in [0.25, 0.3) is 0 Å². The largest absolute Gasteiger partial charge is 1.00 e. The summed E-state index contributed by atoms with van der Waals surface area (Å²) in [5, 5.41) is 0. The van der Waals surface area contributed by atoms with Crippen molar-refractivity contribution in [1.82, 2.24) is 0 Å². The molecule has 0 atom stereocenters. The van der Waals surface area contributed by atoms with E-state index in [-0.39, 0.29) is 29.6 Å². The zero-order valence-electron chi connectivity index (χ0n) is 4.87. The van der Waals surface area contributed by atoms with Crippen LogP contribution in [0.15, 0.2) is 0 Å². The molecule has 0 aliphatic heterocycles. The average Bonchev–Trinajstić information content (AvgIpc) is 1.19. The second-order valence-corrected chi connectivity index (χ2v) is 2.09. The third-order valence-corrected chi connectivity index (χ3v) is 0. The molecule has 0 rings (SSSR count). The summed E-state index contributed by atoms with van der Waals surface area (Å²) in [6, 6.07) is 0. The van der Waals surface area contributed by atoms with Gasteiger partial charge in [-0.15, -0.1) is 0 Å². The molecule has 10 heavy (non-hydrogen) atoms. The summed E-state index contributed by atoms with van der Waals surface area (Å²) < 4.78 is 32.8. The van der Waals surface area contributed by atoms with Crippen LogP contribution < -0.4 is 29.6 Å². The van der Waals surface area contributed by atoms with E-state index < -0.39 is 19.0 Å². The smallest absolute Gasteiger partial charge is 0.726 e. The Hall–Kier alpha value is 1.18.